The number of nitrogens with one attached hydrogen (secondary N) is 1. The number of benzene rings is 1. The minimum absolute atomic E-state index is 0.106. The van der Waals surface area contributed by atoms with E-state index in [2.05, 4.69) is 5.32 Å². The number of para-hydroxylation sites is 2. The first-order valence-corrected chi connectivity index (χ1v) is 10.4. The predicted molar refractivity (Wildman–Crippen MR) is 103 cm³/mol. The molecule has 1 heterocycles. The number of hydrogen-bond acceptors (Lipinski definition) is 3. The Morgan fingerprint density at radius 1 is 1.19 bits per heavy atom. The lowest BCUT2D eigenvalue weighted by Gasteiger charge is -2.56. The van der Waals surface area contributed by atoms with Gasteiger partial charge in [-0.3, -0.25) is 9.36 Å². The maximum Gasteiger partial charge on any atom is 0.420 e. The van der Waals surface area contributed by atoms with Crippen LogP contribution in [0.1, 0.15) is 51.9 Å². The molecule has 4 saturated carbocycles. The quantitative estimate of drug-likeness (QED) is 0.875. The molecule has 0 saturated heterocycles. The van der Waals surface area contributed by atoms with E-state index in [4.69, 9.17) is 4.42 Å². The monoisotopic (exact) mass is 368 g/mol. The third kappa shape index (κ3) is 3.11. The summed E-state index contributed by atoms with van der Waals surface area (Å²) in [5, 5.41) is 3.14. The molecule has 1 aromatic carbocycles. The lowest BCUT2D eigenvalue weighted by molar-refractivity contribution is -0.130. The van der Waals surface area contributed by atoms with Crippen LogP contribution in [-0.2, 0) is 11.3 Å². The topological polar surface area (TPSA) is 64.2 Å². The smallest absolute Gasteiger partial charge is 0.408 e. The number of carbonyl (C=O) groups is 1. The summed E-state index contributed by atoms with van der Waals surface area (Å²) in [6.07, 6.45) is 8.57. The van der Waals surface area contributed by atoms with Gasteiger partial charge < -0.3 is 9.73 Å². The molecule has 0 radical (unpaired) electrons. The van der Waals surface area contributed by atoms with Gasteiger partial charge in [0.05, 0.1) is 5.52 Å². The number of oxazole rings is 1. The maximum absolute atomic E-state index is 12.8. The van der Waals surface area contributed by atoms with Gasteiger partial charge in [0.1, 0.15) is 0 Å². The van der Waals surface area contributed by atoms with Crippen molar-refractivity contribution in [3.8, 4) is 0 Å². The van der Waals surface area contributed by atoms with Crippen LogP contribution in [0, 0.1) is 23.2 Å². The van der Waals surface area contributed by atoms with E-state index in [1.165, 1.54) is 38.5 Å². The molecule has 0 spiro atoms. The van der Waals surface area contributed by atoms with Gasteiger partial charge >= 0.3 is 5.76 Å². The Balaban J connectivity index is 1.25. The summed E-state index contributed by atoms with van der Waals surface area (Å²) >= 11 is 0. The van der Waals surface area contributed by atoms with Crippen LogP contribution in [0.5, 0.6) is 0 Å². The number of aromatic nitrogens is 1. The third-order valence-electron chi connectivity index (χ3n) is 7.14. The summed E-state index contributed by atoms with van der Waals surface area (Å²) in [4.78, 5) is 24.9. The second-order valence-electron chi connectivity index (χ2n) is 9.51. The number of nitrogens with zero attached hydrogens (tertiary/aromatic N) is 1. The van der Waals surface area contributed by atoms with Crippen molar-refractivity contribution in [1.29, 1.82) is 0 Å². The molecule has 4 aliphatic carbocycles. The zero-order valence-corrected chi connectivity index (χ0v) is 15.9. The Hall–Kier alpha value is -2.04. The average molecular weight is 368 g/mol. The van der Waals surface area contributed by atoms with E-state index < -0.39 is 0 Å². The van der Waals surface area contributed by atoms with Crippen LogP contribution in [0.3, 0.4) is 0 Å². The Labute approximate surface area is 159 Å². The molecule has 144 valence electrons. The van der Waals surface area contributed by atoms with Crippen LogP contribution in [0.15, 0.2) is 33.5 Å². The first-order chi connectivity index (χ1) is 13.0. The van der Waals surface area contributed by atoms with Gasteiger partial charge in [-0.15, -0.1) is 0 Å². The van der Waals surface area contributed by atoms with Crippen molar-refractivity contribution in [2.75, 3.05) is 0 Å². The molecule has 4 fully saturated rings. The summed E-state index contributed by atoms with van der Waals surface area (Å²) in [7, 11) is 0. The van der Waals surface area contributed by atoms with Gasteiger partial charge in [-0.25, -0.2) is 4.79 Å². The fourth-order valence-corrected chi connectivity index (χ4v) is 6.68. The van der Waals surface area contributed by atoms with Crippen molar-refractivity contribution >= 4 is 17.0 Å². The van der Waals surface area contributed by atoms with E-state index in [9.17, 15) is 9.59 Å². The van der Waals surface area contributed by atoms with Gasteiger partial charge in [0, 0.05) is 19.0 Å². The molecule has 1 N–H and O–H groups in total. The average Bonchev–Trinajstić information content (AvgIpc) is 2.88. The van der Waals surface area contributed by atoms with Crippen LogP contribution < -0.4 is 11.1 Å². The summed E-state index contributed by atoms with van der Waals surface area (Å²) in [6.45, 7) is 2.40. The highest BCUT2D eigenvalue weighted by Crippen LogP contribution is 2.61. The van der Waals surface area contributed by atoms with Crippen LogP contribution in [-0.4, -0.2) is 16.5 Å². The van der Waals surface area contributed by atoms with E-state index in [-0.39, 0.29) is 23.1 Å². The van der Waals surface area contributed by atoms with Gasteiger partial charge in [0.15, 0.2) is 5.58 Å². The molecule has 0 aliphatic heterocycles. The highest BCUT2D eigenvalue weighted by Gasteiger charge is 2.51. The van der Waals surface area contributed by atoms with Crippen LogP contribution >= 0.6 is 0 Å². The second-order valence-corrected chi connectivity index (χ2v) is 9.51. The summed E-state index contributed by atoms with van der Waals surface area (Å²) in [5.74, 6) is 2.36. The zero-order chi connectivity index (χ0) is 18.6. The maximum atomic E-state index is 12.8. The minimum Gasteiger partial charge on any atom is -0.408 e. The predicted octanol–water partition coefficient (Wildman–Crippen LogP) is 3.71. The molecular weight excluding hydrogens is 340 g/mol. The van der Waals surface area contributed by atoms with Crippen molar-refractivity contribution in [2.24, 2.45) is 23.2 Å². The highest BCUT2D eigenvalue weighted by atomic mass is 16.4. The first-order valence-electron chi connectivity index (χ1n) is 10.4. The highest BCUT2D eigenvalue weighted by molar-refractivity contribution is 5.77. The van der Waals surface area contributed by atoms with Crippen molar-refractivity contribution in [3.63, 3.8) is 0 Å². The molecule has 1 aromatic heterocycles. The number of amides is 1. The molecule has 4 bridgehead atoms. The van der Waals surface area contributed by atoms with Gasteiger partial charge in [0.25, 0.3) is 0 Å². The summed E-state index contributed by atoms with van der Waals surface area (Å²) in [5.41, 5.74) is 1.62. The molecule has 1 amide bonds. The van der Waals surface area contributed by atoms with Gasteiger partial charge in [-0.2, -0.15) is 0 Å². The Morgan fingerprint density at radius 3 is 2.48 bits per heavy atom. The normalized spacial score (nSPS) is 32.7. The van der Waals surface area contributed by atoms with E-state index in [0.29, 0.717) is 18.5 Å². The van der Waals surface area contributed by atoms with Gasteiger partial charge in [0.2, 0.25) is 5.91 Å². The van der Waals surface area contributed by atoms with Crippen LogP contribution in [0.2, 0.25) is 0 Å². The fourth-order valence-electron chi connectivity index (χ4n) is 6.68. The van der Waals surface area contributed by atoms with Crippen molar-refractivity contribution < 1.29 is 9.21 Å². The minimum atomic E-state index is -0.363. The molecule has 2 aromatic rings. The van der Waals surface area contributed by atoms with E-state index in [1.807, 2.05) is 25.1 Å². The molecule has 5 heteroatoms. The van der Waals surface area contributed by atoms with E-state index in [0.717, 1.165) is 23.3 Å². The third-order valence-corrected chi connectivity index (χ3v) is 7.14. The lowest BCUT2D eigenvalue weighted by atomic mass is 9.49. The Kier molecular flexibility index (Phi) is 3.95. The first kappa shape index (κ1) is 17.1. The number of carbonyl (C=O) groups excluding carboxylic acids is 1. The SMILES string of the molecule is C[C@H](Cn1c(=O)oc2ccccc21)NC(=O)CC12CC3CC(CC(C3)C1)C2. The summed E-state index contributed by atoms with van der Waals surface area (Å²) < 4.78 is 6.91. The zero-order valence-electron chi connectivity index (χ0n) is 15.9. The molecule has 6 rings (SSSR count). The molecular formula is C22H28N2O3. The second kappa shape index (κ2) is 6.25. The fraction of sp³-hybridized carbons (Fsp3) is 0.636. The Bertz CT molecular complexity index is 890. The van der Waals surface area contributed by atoms with Gasteiger partial charge in [-0.05, 0) is 80.8 Å². The van der Waals surface area contributed by atoms with E-state index >= 15 is 0 Å². The molecule has 5 nitrogen and oxygen atoms in total. The molecule has 27 heavy (non-hydrogen) atoms. The summed E-state index contributed by atoms with van der Waals surface area (Å²) in [6, 6.07) is 7.31. The van der Waals surface area contributed by atoms with Crippen LogP contribution in [0.25, 0.3) is 11.1 Å². The van der Waals surface area contributed by atoms with Crippen LogP contribution in [0.4, 0.5) is 0 Å². The molecule has 4 aliphatic rings. The molecule has 1 atom stereocenters. The Morgan fingerprint density at radius 2 is 1.81 bits per heavy atom. The molecule has 0 unspecified atom stereocenters. The standard InChI is InChI=1S/C22H28N2O3/c1-14(13-24-18-4-2-3-5-19(18)27-21(24)26)23-20(25)12-22-9-15-6-16(10-22)8-17(7-15)11-22/h2-5,14-17H,6-13H2,1H3,(H,23,25)/t14-,15?,16?,17?,22?/m1/s1. The largest absolute Gasteiger partial charge is 0.420 e. The van der Waals surface area contributed by atoms with Gasteiger partial charge in [-0.1, -0.05) is 12.1 Å². The number of fused-ring (bicyclic) bond motifs is 1. The van der Waals surface area contributed by atoms with E-state index in [1.54, 1.807) is 10.6 Å². The van der Waals surface area contributed by atoms with Crippen molar-refractivity contribution in [1.82, 2.24) is 9.88 Å². The van der Waals surface area contributed by atoms with Crippen molar-refractivity contribution in [2.45, 2.75) is 64.5 Å². The number of rotatable bonds is 5. The lowest BCUT2D eigenvalue weighted by Crippen LogP contribution is -2.49. The van der Waals surface area contributed by atoms with Crippen molar-refractivity contribution in [3.05, 3.63) is 34.8 Å². The number of hydrogen-bond donors (Lipinski definition) is 1.